The molecular weight excluding hydrogens is 294 g/mol. The van der Waals surface area contributed by atoms with E-state index < -0.39 is 5.91 Å². The number of carbonyl (C=O) groups is 2. The number of hydrogen-bond acceptors (Lipinski definition) is 4. The SMILES string of the molecule is CC(CC(=O)NC1CCCCC1)=NNC(=O)c1cccc(O)c1. The van der Waals surface area contributed by atoms with Crippen LogP contribution in [0.3, 0.4) is 0 Å². The highest BCUT2D eigenvalue weighted by molar-refractivity contribution is 6.01. The number of phenols is 1. The van der Waals surface area contributed by atoms with Crippen LogP contribution in [0, 0.1) is 0 Å². The fourth-order valence-corrected chi connectivity index (χ4v) is 2.66. The number of hydrazone groups is 1. The zero-order valence-electron chi connectivity index (χ0n) is 13.3. The van der Waals surface area contributed by atoms with Crippen LogP contribution in [0.1, 0.15) is 55.8 Å². The number of nitrogens with one attached hydrogen (secondary N) is 2. The van der Waals surface area contributed by atoms with E-state index in [-0.39, 0.29) is 24.1 Å². The second kappa shape index (κ2) is 8.31. The zero-order chi connectivity index (χ0) is 16.7. The molecule has 0 unspecified atom stereocenters. The molecule has 0 aliphatic heterocycles. The van der Waals surface area contributed by atoms with Crippen molar-refractivity contribution in [3.05, 3.63) is 29.8 Å². The lowest BCUT2D eigenvalue weighted by molar-refractivity contribution is -0.120. The van der Waals surface area contributed by atoms with Crippen molar-refractivity contribution in [2.75, 3.05) is 0 Å². The Morgan fingerprint density at radius 2 is 2.00 bits per heavy atom. The summed E-state index contributed by atoms with van der Waals surface area (Å²) in [5.41, 5.74) is 3.24. The van der Waals surface area contributed by atoms with E-state index >= 15 is 0 Å². The first-order chi connectivity index (χ1) is 11.0. The Kier molecular flexibility index (Phi) is 6.14. The lowest BCUT2D eigenvalue weighted by Crippen LogP contribution is -2.37. The van der Waals surface area contributed by atoms with Gasteiger partial charge in [-0.3, -0.25) is 9.59 Å². The van der Waals surface area contributed by atoms with Gasteiger partial charge in [0.25, 0.3) is 5.91 Å². The molecule has 0 aromatic heterocycles. The molecule has 1 aliphatic rings. The Morgan fingerprint density at radius 1 is 1.26 bits per heavy atom. The van der Waals surface area contributed by atoms with Gasteiger partial charge in [0, 0.05) is 17.3 Å². The van der Waals surface area contributed by atoms with Gasteiger partial charge in [-0.1, -0.05) is 25.3 Å². The first kappa shape index (κ1) is 17.0. The maximum Gasteiger partial charge on any atom is 0.271 e. The van der Waals surface area contributed by atoms with Gasteiger partial charge < -0.3 is 10.4 Å². The standard InChI is InChI=1S/C17H23N3O3/c1-12(10-16(22)18-14-7-3-2-4-8-14)19-20-17(23)13-6-5-9-15(21)11-13/h5-6,9,11,14,21H,2-4,7-8,10H2,1H3,(H,18,22)(H,20,23). The quantitative estimate of drug-likeness (QED) is 0.575. The van der Waals surface area contributed by atoms with Crippen LogP contribution >= 0.6 is 0 Å². The number of rotatable bonds is 5. The van der Waals surface area contributed by atoms with Gasteiger partial charge in [-0.15, -0.1) is 0 Å². The van der Waals surface area contributed by atoms with Crippen molar-refractivity contribution in [2.45, 2.75) is 51.5 Å². The molecule has 124 valence electrons. The lowest BCUT2D eigenvalue weighted by atomic mass is 9.95. The van der Waals surface area contributed by atoms with Gasteiger partial charge in [-0.25, -0.2) is 5.43 Å². The molecule has 0 saturated heterocycles. The minimum Gasteiger partial charge on any atom is -0.508 e. The van der Waals surface area contributed by atoms with Crippen molar-refractivity contribution >= 4 is 17.5 Å². The third kappa shape index (κ3) is 5.73. The van der Waals surface area contributed by atoms with Gasteiger partial charge >= 0.3 is 0 Å². The van der Waals surface area contributed by atoms with E-state index in [2.05, 4.69) is 15.8 Å². The number of phenolic OH excluding ortho intramolecular Hbond substituents is 1. The van der Waals surface area contributed by atoms with E-state index in [1.165, 1.54) is 18.6 Å². The molecule has 1 saturated carbocycles. The average Bonchev–Trinajstić information content (AvgIpc) is 2.53. The van der Waals surface area contributed by atoms with E-state index in [9.17, 15) is 14.7 Å². The number of amides is 2. The third-order valence-corrected chi connectivity index (χ3v) is 3.84. The molecule has 6 nitrogen and oxygen atoms in total. The van der Waals surface area contributed by atoms with Gasteiger partial charge in [0.1, 0.15) is 5.75 Å². The Hall–Kier alpha value is -2.37. The van der Waals surface area contributed by atoms with Crippen LogP contribution in [0.15, 0.2) is 29.4 Å². The molecule has 1 aromatic carbocycles. The Balaban J connectivity index is 1.80. The smallest absolute Gasteiger partial charge is 0.271 e. The largest absolute Gasteiger partial charge is 0.508 e. The van der Waals surface area contributed by atoms with E-state index in [1.54, 1.807) is 19.1 Å². The van der Waals surface area contributed by atoms with Gasteiger partial charge in [0.15, 0.2) is 0 Å². The third-order valence-electron chi connectivity index (χ3n) is 3.84. The maximum absolute atomic E-state index is 11.9. The number of nitrogens with zero attached hydrogens (tertiary/aromatic N) is 1. The summed E-state index contributed by atoms with van der Waals surface area (Å²) < 4.78 is 0. The number of aromatic hydroxyl groups is 1. The van der Waals surface area contributed by atoms with Crippen molar-refractivity contribution in [3.8, 4) is 5.75 Å². The van der Waals surface area contributed by atoms with Crippen molar-refractivity contribution < 1.29 is 14.7 Å². The van der Waals surface area contributed by atoms with Gasteiger partial charge in [-0.2, -0.15) is 5.10 Å². The Bertz CT molecular complexity index is 593. The number of benzene rings is 1. The van der Waals surface area contributed by atoms with Gasteiger partial charge in [0.05, 0.1) is 6.42 Å². The van der Waals surface area contributed by atoms with Crippen LogP contribution < -0.4 is 10.7 Å². The first-order valence-corrected chi connectivity index (χ1v) is 7.96. The monoisotopic (exact) mass is 317 g/mol. The predicted molar refractivity (Wildman–Crippen MR) is 88.3 cm³/mol. The Morgan fingerprint density at radius 3 is 2.70 bits per heavy atom. The molecule has 3 N–H and O–H groups in total. The molecule has 0 heterocycles. The van der Waals surface area contributed by atoms with Crippen LogP contribution in [0.4, 0.5) is 0 Å². The summed E-state index contributed by atoms with van der Waals surface area (Å²) in [6.45, 7) is 1.70. The summed E-state index contributed by atoms with van der Waals surface area (Å²) in [5, 5.41) is 16.3. The van der Waals surface area contributed by atoms with E-state index in [0.717, 1.165) is 25.7 Å². The summed E-state index contributed by atoms with van der Waals surface area (Å²) in [5.74, 6) is -0.470. The van der Waals surface area contributed by atoms with Gasteiger partial charge in [-0.05, 0) is 38.0 Å². The van der Waals surface area contributed by atoms with E-state index in [0.29, 0.717) is 11.3 Å². The molecule has 0 radical (unpaired) electrons. The molecule has 0 bridgehead atoms. The summed E-state index contributed by atoms with van der Waals surface area (Å²) in [7, 11) is 0. The first-order valence-electron chi connectivity index (χ1n) is 7.96. The number of carbonyl (C=O) groups excluding carboxylic acids is 2. The van der Waals surface area contributed by atoms with Gasteiger partial charge in [0.2, 0.25) is 5.91 Å². The second-order valence-corrected chi connectivity index (χ2v) is 5.92. The molecule has 2 rings (SSSR count). The second-order valence-electron chi connectivity index (χ2n) is 5.92. The highest BCUT2D eigenvalue weighted by Crippen LogP contribution is 2.17. The van der Waals surface area contributed by atoms with E-state index in [1.807, 2.05) is 0 Å². The summed E-state index contributed by atoms with van der Waals surface area (Å²) >= 11 is 0. The van der Waals surface area contributed by atoms with Crippen molar-refractivity contribution in [2.24, 2.45) is 5.10 Å². The molecule has 2 amide bonds. The summed E-state index contributed by atoms with van der Waals surface area (Å²) in [4.78, 5) is 23.8. The normalized spacial score (nSPS) is 16.0. The maximum atomic E-state index is 11.9. The summed E-state index contributed by atoms with van der Waals surface area (Å²) in [6.07, 6.45) is 5.81. The van der Waals surface area contributed by atoms with Crippen LogP contribution in [0.2, 0.25) is 0 Å². The Labute approximate surface area is 136 Å². The minimum atomic E-state index is -0.423. The van der Waals surface area contributed by atoms with E-state index in [4.69, 9.17) is 0 Å². The fourth-order valence-electron chi connectivity index (χ4n) is 2.66. The van der Waals surface area contributed by atoms with Crippen molar-refractivity contribution in [3.63, 3.8) is 0 Å². The molecule has 1 fully saturated rings. The lowest BCUT2D eigenvalue weighted by Gasteiger charge is -2.22. The van der Waals surface area contributed by atoms with Crippen LogP contribution in [-0.4, -0.2) is 28.7 Å². The van der Waals surface area contributed by atoms with Crippen LogP contribution in [0.5, 0.6) is 5.75 Å². The highest BCUT2D eigenvalue weighted by atomic mass is 16.3. The van der Waals surface area contributed by atoms with Crippen LogP contribution in [-0.2, 0) is 4.79 Å². The predicted octanol–water partition coefficient (Wildman–Crippen LogP) is 2.34. The molecule has 23 heavy (non-hydrogen) atoms. The summed E-state index contributed by atoms with van der Waals surface area (Å²) in [6, 6.07) is 6.27. The van der Waals surface area contributed by atoms with Crippen LogP contribution in [0.25, 0.3) is 0 Å². The number of hydrogen-bond donors (Lipinski definition) is 3. The molecule has 0 atom stereocenters. The van der Waals surface area contributed by atoms with Crippen molar-refractivity contribution in [1.82, 2.24) is 10.7 Å². The minimum absolute atomic E-state index is 0.0187. The molecular formula is C17H23N3O3. The molecule has 0 spiro atoms. The zero-order valence-corrected chi connectivity index (χ0v) is 13.3. The molecule has 6 heteroatoms. The molecule has 1 aliphatic carbocycles. The van der Waals surface area contributed by atoms with Crippen molar-refractivity contribution in [1.29, 1.82) is 0 Å². The topological polar surface area (TPSA) is 90.8 Å². The highest BCUT2D eigenvalue weighted by Gasteiger charge is 2.16. The average molecular weight is 317 g/mol. The fraction of sp³-hybridized carbons (Fsp3) is 0.471. The molecule has 1 aromatic rings.